The first-order chi connectivity index (χ1) is 17.4. The SMILES string of the molecule is CC(C)n1c(CON2C=CC=CO2)nc2c(F)cc(-c3nc(N[C@@H]4CCOC[C@H]4O)ncc3Cl)cc21. The molecule has 0 radical (unpaired) electrons. The predicted molar refractivity (Wildman–Crippen MR) is 131 cm³/mol. The van der Waals surface area contributed by atoms with Crippen LogP contribution in [-0.2, 0) is 21.0 Å². The van der Waals surface area contributed by atoms with E-state index in [1.165, 1.54) is 23.8 Å². The molecule has 4 heterocycles. The van der Waals surface area contributed by atoms with Gasteiger partial charge >= 0.3 is 0 Å². The van der Waals surface area contributed by atoms with Crippen molar-refractivity contribution in [2.45, 2.75) is 45.1 Å². The summed E-state index contributed by atoms with van der Waals surface area (Å²) in [5.74, 6) is 0.312. The summed E-state index contributed by atoms with van der Waals surface area (Å²) in [6, 6.07) is 2.86. The van der Waals surface area contributed by atoms with Crippen molar-refractivity contribution in [1.29, 1.82) is 0 Å². The Balaban J connectivity index is 1.48. The first-order valence-corrected chi connectivity index (χ1v) is 12.0. The van der Waals surface area contributed by atoms with E-state index in [1.807, 2.05) is 18.4 Å². The summed E-state index contributed by atoms with van der Waals surface area (Å²) in [4.78, 5) is 24.2. The number of benzene rings is 1. The quantitative estimate of drug-likeness (QED) is 0.479. The molecule has 5 rings (SSSR count). The largest absolute Gasteiger partial charge is 0.389 e. The predicted octanol–water partition coefficient (Wildman–Crippen LogP) is 4.13. The van der Waals surface area contributed by atoms with Crippen LogP contribution in [0.1, 0.15) is 32.1 Å². The summed E-state index contributed by atoms with van der Waals surface area (Å²) >= 11 is 6.43. The maximum Gasteiger partial charge on any atom is 0.223 e. The van der Waals surface area contributed by atoms with Gasteiger partial charge in [0, 0.05) is 18.2 Å². The molecule has 0 bridgehead atoms. The van der Waals surface area contributed by atoms with Crippen molar-refractivity contribution in [3.63, 3.8) is 0 Å². The molecule has 10 nitrogen and oxygen atoms in total. The topological polar surface area (TPSA) is 107 Å². The smallest absolute Gasteiger partial charge is 0.223 e. The lowest BCUT2D eigenvalue weighted by Crippen LogP contribution is -2.42. The molecule has 1 fully saturated rings. The molecule has 0 saturated carbocycles. The van der Waals surface area contributed by atoms with E-state index in [0.29, 0.717) is 35.6 Å². The van der Waals surface area contributed by atoms with Gasteiger partial charge in [-0.2, -0.15) is 0 Å². The maximum absolute atomic E-state index is 15.3. The normalized spacial score (nSPS) is 19.8. The fourth-order valence-corrected chi connectivity index (χ4v) is 4.40. The number of halogens is 2. The van der Waals surface area contributed by atoms with E-state index in [2.05, 4.69) is 20.3 Å². The molecule has 2 aliphatic rings. The Morgan fingerprint density at radius 1 is 1.31 bits per heavy atom. The van der Waals surface area contributed by atoms with Gasteiger partial charge < -0.3 is 24.6 Å². The van der Waals surface area contributed by atoms with E-state index < -0.39 is 11.9 Å². The fraction of sp³-hybridized carbons (Fsp3) is 0.375. The Hall–Kier alpha value is -3.25. The monoisotopic (exact) mass is 516 g/mol. The Labute approximate surface area is 211 Å². The lowest BCUT2D eigenvalue weighted by atomic mass is 10.1. The molecule has 0 aliphatic carbocycles. The molecule has 190 valence electrons. The van der Waals surface area contributed by atoms with Crippen LogP contribution in [0.5, 0.6) is 0 Å². The molecule has 0 amide bonds. The molecule has 2 atom stereocenters. The Bertz CT molecular complexity index is 1310. The first-order valence-electron chi connectivity index (χ1n) is 11.6. The molecular weight excluding hydrogens is 491 g/mol. The van der Waals surface area contributed by atoms with Crippen LogP contribution in [0.15, 0.2) is 42.9 Å². The number of allylic oxidation sites excluding steroid dienone is 2. The van der Waals surface area contributed by atoms with E-state index in [-0.39, 0.29) is 41.8 Å². The Kier molecular flexibility index (Phi) is 7.06. The minimum Gasteiger partial charge on any atom is -0.389 e. The summed E-state index contributed by atoms with van der Waals surface area (Å²) in [6.07, 6.45) is 7.97. The van der Waals surface area contributed by atoms with Crippen molar-refractivity contribution in [3.05, 3.63) is 59.6 Å². The first kappa shape index (κ1) is 24.4. The van der Waals surface area contributed by atoms with Gasteiger partial charge in [0.15, 0.2) is 5.82 Å². The van der Waals surface area contributed by atoms with Gasteiger partial charge in [0.05, 0.1) is 47.4 Å². The van der Waals surface area contributed by atoms with Crippen LogP contribution >= 0.6 is 11.6 Å². The van der Waals surface area contributed by atoms with E-state index >= 15 is 4.39 Å². The number of anilines is 1. The van der Waals surface area contributed by atoms with Gasteiger partial charge in [-0.25, -0.2) is 24.2 Å². The van der Waals surface area contributed by atoms with Gasteiger partial charge in [-0.05, 0) is 44.6 Å². The second-order valence-corrected chi connectivity index (χ2v) is 9.13. The Morgan fingerprint density at radius 2 is 2.17 bits per heavy atom. The number of rotatable bonds is 7. The van der Waals surface area contributed by atoms with Gasteiger partial charge in [-0.3, -0.25) is 0 Å². The molecule has 3 aromatic rings. The van der Waals surface area contributed by atoms with Crippen LogP contribution in [-0.4, -0.2) is 55.2 Å². The average Bonchev–Trinajstić information content (AvgIpc) is 3.25. The van der Waals surface area contributed by atoms with Crippen molar-refractivity contribution < 1.29 is 23.9 Å². The number of aliphatic hydroxyl groups excluding tert-OH is 1. The second kappa shape index (κ2) is 10.4. The highest BCUT2D eigenvalue weighted by molar-refractivity contribution is 6.33. The average molecular weight is 517 g/mol. The number of aromatic nitrogens is 4. The van der Waals surface area contributed by atoms with E-state index in [9.17, 15) is 5.11 Å². The van der Waals surface area contributed by atoms with E-state index in [4.69, 9.17) is 26.0 Å². The number of ether oxygens (including phenoxy) is 1. The third kappa shape index (κ3) is 5.00. The molecule has 0 spiro atoms. The fourth-order valence-electron chi connectivity index (χ4n) is 4.20. The number of nitrogens with zero attached hydrogens (tertiary/aromatic N) is 5. The van der Waals surface area contributed by atoms with Gasteiger partial charge in [-0.1, -0.05) is 16.8 Å². The summed E-state index contributed by atoms with van der Waals surface area (Å²) in [5.41, 5.74) is 1.64. The molecule has 1 saturated heterocycles. The van der Waals surface area contributed by atoms with Crippen molar-refractivity contribution in [3.8, 4) is 11.3 Å². The molecule has 0 unspecified atom stereocenters. The maximum atomic E-state index is 15.3. The minimum absolute atomic E-state index is 0.0333. The summed E-state index contributed by atoms with van der Waals surface area (Å²) in [7, 11) is 0. The number of hydrogen-bond acceptors (Lipinski definition) is 9. The molecule has 12 heteroatoms. The number of hydrogen-bond donors (Lipinski definition) is 2. The van der Waals surface area contributed by atoms with Gasteiger partial charge in [0.1, 0.15) is 24.2 Å². The lowest BCUT2D eigenvalue weighted by molar-refractivity contribution is -0.317. The second-order valence-electron chi connectivity index (χ2n) is 8.72. The van der Waals surface area contributed by atoms with E-state index in [1.54, 1.807) is 24.4 Å². The third-order valence-electron chi connectivity index (χ3n) is 5.88. The molecule has 2 aromatic heterocycles. The summed E-state index contributed by atoms with van der Waals surface area (Å²) in [6.45, 7) is 4.79. The van der Waals surface area contributed by atoms with Crippen LogP contribution < -0.4 is 5.32 Å². The third-order valence-corrected chi connectivity index (χ3v) is 6.16. The standard InChI is InChI=1S/C24H26ClFN6O4/c1-14(2)32-19-10-15(9-17(26)23(19)29-21(32)13-36-31-6-3-4-7-35-31)22-16(25)11-27-24(30-22)28-18-5-8-34-12-20(18)33/h3-4,6-7,9-11,14,18,20,33H,5,8,12-13H2,1-2H3,(H,27,28,30)/t18-,20-/m1/s1. The Morgan fingerprint density at radius 3 is 2.92 bits per heavy atom. The molecule has 2 aliphatic heterocycles. The zero-order chi connectivity index (χ0) is 25.2. The van der Waals surface area contributed by atoms with Crippen LogP contribution in [0.4, 0.5) is 10.3 Å². The molecular formula is C24H26ClFN6O4. The number of imidazole rings is 1. The van der Waals surface area contributed by atoms with Crippen LogP contribution in [0.25, 0.3) is 22.3 Å². The van der Waals surface area contributed by atoms with Crippen LogP contribution in [0, 0.1) is 5.82 Å². The van der Waals surface area contributed by atoms with Crippen molar-refractivity contribution in [2.75, 3.05) is 18.5 Å². The number of fused-ring (bicyclic) bond motifs is 1. The van der Waals surface area contributed by atoms with Gasteiger partial charge in [0.2, 0.25) is 5.95 Å². The highest BCUT2D eigenvalue weighted by Crippen LogP contribution is 2.33. The highest BCUT2D eigenvalue weighted by Gasteiger charge is 2.25. The number of hydroxylamine groups is 2. The molecule has 2 N–H and O–H groups in total. The summed E-state index contributed by atoms with van der Waals surface area (Å²) < 4.78 is 22.5. The summed E-state index contributed by atoms with van der Waals surface area (Å²) in [5, 5.41) is 14.8. The van der Waals surface area contributed by atoms with Gasteiger partial charge in [0.25, 0.3) is 0 Å². The molecule has 1 aromatic carbocycles. The van der Waals surface area contributed by atoms with Crippen LogP contribution in [0.2, 0.25) is 5.02 Å². The van der Waals surface area contributed by atoms with Crippen molar-refractivity contribution in [1.82, 2.24) is 24.7 Å². The lowest BCUT2D eigenvalue weighted by Gasteiger charge is -2.28. The highest BCUT2D eigenvalue weighted by atomic mass is 35.5. The molecule has 36 heavy (non-hydrogen) atoms. The zero-order valence-corrected chi connectivity index (χ0v) is 20.5. The zero-order valence-electron chi connectivity index (χ0n) is 19.8. The number of nitrogens with one attached hydrogen (secondary N) is 1. The minimum atomic E-state index is -0.682. The number of aliphatic hydroxyl groups is 1. The van der Waals surface area contributed by atoms with E-state index in [0.717, 1.165) is 0 Å². The van der Waals surface area contributed by atoms with Crippen molar-refractivity contribution >= 4 is 28.6 Å². The van der Waals surface area contributed by atoms with Crippen LogP contribution in [0.3, 0.4) is 0 Å². The van der Waals surface area contributed by atoms with Crippen molar-refractivity contribution in [2.24, 2.45) is 0 Å². The van der Waals surface area contributed by atoms with Gasteiger partial charge in [-0.15, -0.1) is 0 Å².